The molecule has 1 aromatic rings. The molecule has 0 bridgehead atoms. The predicted octanol–water partition coefficient (Wildman–Crippen LogP) is 1.93. The van der Waals surface area contributed by atoms with Crippen molar-refractivity contribution < 1.29 is 23.9 Å². The van der Waals surface area contributed by atoms with Crippen LogP contribution in [0.1, 0.15) is 6.92 Å². The Morgan fingerprint density at radius 3 is 2.63 bits per heavy atom. The molecule has 0 spiro atoms. The first kappa shape index (κ1) is 12.9. The summed E-state index contributed by atoms with van der Waals surface area (Å²) < 4.78 is 15.2. The zero-order valence-electron chi connectivity index (χ0n) is 10.2. The van der Waals surface area contributed by atoms with E-state index in [4.69, 9.17) is 9.47 Å². The highest BCUT2D eigenvalue weighted by Crippen LogP contribution is 2.39. The number of hydrogen-bond acceptors (Lipinski definition) is 6. The van der Waals surface area contributed by atoms with Crippen molar-refractivity contribution in [1.82, 2.24) is 0 Å². The Hall–Kier alpha value is -2.51. The SMILES string of the molecule is CCOC(=O)Nc1cc2c(cc1[N+](=O)[O-])OCCO2. The van der Waals surface area contributed by atoms with Gasteiger partial charge in [-0.15, -0.1) is 0 Å². The van der Waals surface area contributed by atoms with Gasteiger partial charge in [0.2, 0.25) is 0 Å². The Labute approximate surface area is 108 Å². The Bertz CT molecular complexity index is 516. The number of carbonyl (C=O) groups is 1. The van der Waals surface area contributed by atoms with Gasteiger partial charge in [-0.25, -0.2) is 4.79 Å². The zero-order valence-corrected chi connectivity index (χ0v) is 10.2. The molecular weight excluding hydrogens is 256 g/mol. The fourth-order valence-corrected chi connectivity index (χ4v) is 1.61. The van der Waals surface area contributed by atoms with Crippen molar-refractivity contribution in [1.29, 1.82) is 0 Å². The van der Waals surface area contributed by atoms with Crippen LogP contribution in [0, 0.1) is 10.1 Å². The van der Waals surface area contributed by atoms with Crippen molar-refractivity contribution in [3.05, 3.63) is 22.2 Å². The van der Waals surface area contributed by atoms with Crippen LogP contribution in [0.5, 0.6) is 11.5 Å². The number of nitro groups is 1. The van der Waals surface area contributed by atoms with Crippen LogP contribution in [-0.4, -0.2) is 30.8 Å². The van der Waals surface area contributed by atoms with Gasteiger partial charge in [-0.1, -0.05) is 0 Å². The van der Waals surface area contributed by atoms with Gasteiger partial charge >= 0.3 is 6.09 Å². The molecule has 1 N–H and O–H groups in total. The number of nitrogens with zero attached hydrogens (tertiary/aromatic N) is 1. The monoisotopic (exact) mass is 268 g/mol. The molecule has 0 unspecified atom stereocenters. The van der Waals surface area contributed by atoms with Gasteiger partial charge in [0.25, 0.3) is 5.69 Å². The predicted molar refractivity (Wildman–Crippen MR) is 64.7 cm³/mol. The zero-order chi connectivity index (χ0) is 13.8. The molecule has 0 aromatic heterocycles. The summed E-state index contributed by atoms with van der Waals surface area (Å²) in [6.45, 7) is 2.49. The third-order valence-electron chi connectivity index (χ3n) is 2.37. The molecule has 1 aliphatic rings. The molecule has 1 aromatic carbocycles. The third-order valence-corrected chi connectivity index (χ3v) is 2.37. The van der Waals surface area contributed by atoms with Gasteiger partial charge in [-0.3, -0.25) is 15.4 Å². The van der Waals surface area contributed by atoms with E-state index < -0.39 is 11.0 Å². The number of fused-ring (bicyclic) bond motifs is 1. The molecule has 8 nitrogen and oxygen atoms in total. The average molecular weight is 268 g/mol. The van der Waals surface area contributed by atoms with Gasteiger partial charge in [-0.2, -0.15) is 0 Å². The van der Waals surface area contributed by atoms with E-state index in [9.17, 15) is 14.9 Å². The van der Waals surface area contributed by atoms with E-state index in [1.807, 2.05) is 0 Å². The van der Waals surface area contributed by atoms with Crippen molar-refractivity contribution in [2.24, 2.45) is 0 Å². The highest BCUT2D eigenvalue weighted by molar-refractivity contribution is 5.89. The summed E-state index contributed by atoms with van der Waals surface area (Å²) in [5.41, 5.74) is -0.273. The van der Waals surface area contributed by atoms with Crippen molar-refractivity contribution in [3.63, 3.8) is 0 Å². The van der Waals surface area contributed by atoms with Crippen molar-refractivity contribution >= 4 is 17.5 Å². The fourth-order valence-electron chi connectivity index (χ4n) is 1.61. The first-order valence-electron chi connectivity index (χ1n) is 5.63. The lowest BCUT2D eigenvalue weighted by atomic mass is 10.2. The summed E-state index contributed by atoms with van der Waals surface area (Å²) in [6.07, 6.45) is -0.762. The number of anilines is 1. The lowest BCUT2D eigenvalue weighted by molar-refractivity contribution is -0.384. The van der Waals surface area contributed by atoms with E-state index in [0.29, 0.717) is 19.0 Å². The van der Waals surface area contributed by atoms with Crippen LogP contribution in [0.2, 0.25) is 0 Å². The number of hydrogen-bond donors (Lipinski definition) is 1. The molecule has 19 heavy (non-hydrogen) atoms. The van der Waals surface area contributed by atoms with Crippen LogP contribution in [0.25, 0.3) is 0 Å². The lowest BCUT2D eigenvalue weighted by Gasteiger charge is -2.19. The first-order chi connectivity index (χ1) is 9.11. The minimum absolute atomic E-state index is 0.00713. The third kappa shape index (κ3) is 2.84. The summed E-state index contributed by atoms with van der Waals surface area (Å²) >= 11 is 0. The molecule has 0 radical (unpaired) electrons. The van der Waals surface area contributed by atoms with Crippen molar-refractivity contribution in [2.45, 2.75) is 6.92 Å². The molecule has 0 atom stereocenters. The topological polar surface area (TPSA) is 99.9 Å². The van der Waals surface area contributed by atoms with Gasteiger partial charge in [0.15, 0.2) is 11.5 Å². The number of carbonyl (C=O) groups excluding carboxylic acids is 1. The van der Waals surface area contributed by atoms with E-state index >= 15 is 0 Å². The summed E-state index contributed by atoms with van der Waals surface area (Å²) in [7, 11) is 0. The Kier molecular flexibility index (Phi) is 3.69. The molecule has 0 fully saturated rings. The number of rotatable bonds is 3. The largest absolute Gasteiger partial charge is 0.486 e. The molecule has 1 heterocycles. The Balaban J connectivity index is 2.34. The van der Waals surface area contributed by atoms with Gasteiger partial charge in [-0.05, 0) is 6.92 Å². The minimum atomic E-state index is -0.762. The second-order valence-electron chi connectivity index (χ2n) is 3.62. The van der Waals surface area contributed by atoms with E-state index in [1.165, 1.54) is 12.1 Å². The highest BCUT2D eigenvalue weighted by Gasteiger charge is 2.23. The average Bonchev–Trinajstić information content (AvgIpc) is 2.38. The van der Waals surface area contributed by atoms with Crippen LogP contribution >= 0.6 is 0 Å². The maximum Gasteiger partial charge on any atom is 0.411 e. The van der Waals surface area contributed by atoms with Gasteiger partial charge in [0.1, 0.15) is 18.9 Å². The van der Waals surface area contributed by atoms with Crippen LogP contribution in [0.15, 0.2) is 12.1 Å². The second-order valence-corrected chi connectivity index (χ2v) is 3.62. The molecular formula is C11H12N2O6. The molecule has 0 saturated heterocycles. The highest BCUT2D eigenvalue weighted by atomic mass is 16.6. The van der Waals surface area contributed by atoms with E-state index in [1.54, 1.807) is 6.92 Å². The molecule has 2 rings (SSSR count). The summed E-state index contributed by atoms with van der Waals surface area (Å²) in [5, 5.41) is 13.3. The molecule has 1 amide bonds. The molecule has 0 aliphatic carbocycles. The van der Waals surface area contributed by atoms with Crippen LogP contribution in [0.3, 0.4) is 0 Å². The molecule has 1 aliphatic heterocycles. The van der Waals surface area contributed by atoms with E-state index in [2.05, 4.69) is 10.1 Å². The quantitative estimate of drug-likeness (QED) is 0.664. The normalized spacial score (nSPS) is 12.7. The fraction of sp³-hybridized carbons (Fsp3) is 0.364. The maximum absolute atomic E-state index is 11.3. The molecule has 8 heteroatoms. The van der Waals surface area contributed by atoms with Gasteiger partial charge in [0.05, 0.1) is 17.6 Å². The van der Waals surface area contributed by atoms with E-state index in [-0.39, 0.29) is 23.7 Å². The second kappa shape index (κ2) is 5.42. The Morgan fingerprint density at radius 2 is 2.05 bits per heavy atom. The van der Waals surface area contributed by atoms with Gasteiger partial charge < -0.3 is 14.2 Å². The number of nitrogens with one attached hydrogen (secondary N) is 1. The van der Waals surface area contributed by atoms with Crippen molar-refractivity contribution in [2.75, 3.05) is 25.1 Å². The van der Waals surface area contributed by atoms with Crippen molar-refractivity contribution in [3.8, 4) is 11.5 Å². The van der Waals surface area contributed by atoms with Crippen LogP contribution in [0.4, 0.5) is 16.2 Å². The minimum Gasteiger partial charge on any atom is -0.486 e. The Morgan fingerprint density at radius 1 is 1.42 bits per heavy atom. The van der Waals surface area contributed by atoms with Crippen LogP contribution in [-0.2, 0) is 4.74 Å². The summed E-state index contributed by atoms with van der Waals surface area (Å²) in [5.74, 6) is 0.635. The van der Waals surface area contributed by atoms with E-state index in [0.717, 1.165) is 0 Å². The molecule has 102 valence electrons. The standard InChI is InChI=1S/C11H12N2O6/c1-2-17-11(14)12-7-5-9-10(19-4-3-18-9)6-8(7)13(15)16/h5-6H,2-4H2,1H3,(H,12,14). The first-order valence-corrected chi connectivity index (χ1v) is 5.63. The number of benzene rings is 1. The van der Waals surface area contributed by atoms with Crippen LogP contribution < -0.4 is 14.8 Å². The van der Waals surface area contributed by atoms with Gasteiger partial charge in [0, 0.05) is 6.07 Å². The summed E-state index contributed by atoms with van der Waals surface area (Å²) in [6, 6.07) is 2.57. The lowest BCUT2D eigenvalue weighted by Crippen LogP contribution is -2.18. The smallest absolute Gasteiger partial charge is 0.411 e. The number of ether oxygens (including phenoxy) is 3. The maximum atomic E-state index is 11.3. The summed E-state index contributed by atoms with van der Waals surface area (Å²) in [4.78, 5) is 21.7. The molecule has 0 saturated carbocycles. The number of amides is 1. The number of nitro benzene ring substituents is 1.